The van der Waals surface area contributed by atoms with Crippen molar-refractivity contribution in [3.8, 4) is 0 Å². The van der Waals surface area contributed by atoms with Gasteiger partial charge in [0.2, 0.25) is 0 Å². The minimum atomic E-state index is -4.11. The zero-order chi connectivity index (χ0) is 11.5. The number of rotatable bonds is 4. The summed E-state index contributed by atoms with van der Waals surface area (Å²) in [6, 6.07) is 1.60. The molecule has 15 heavy (non-hydrogen) atoms. The highest BCUT2D eigenvalue weighted by Crippen LogP contribution is 2.21. The molecule has 1 rings (SSSR count). The lowest BCUT2D eigenvalue weighted by atomic mass is 10.2. The Kier molecular flexibility index (Phi) is 3.79. The third kappa shape index (κ3) is 3.95. The fourth-order valence-corrected chi connectivity index (χ4v) is 1.35. The molecule has 0 saturated carbocycles. The van der Waals surface area contributed by atoms with Crippen molar-refractivity contribution in [1.29, 1.82) is 0 Å². The monoisotopic (exact) mass is 221 g/mol. The second kappa shape index (κ2) is 4.70. The quantitative estimate of drug-likeness (QED) is 0.844. The zero-order valence-corrected chi connectivity index (χ0v) is 8.69. The molecular formula is C10H14F3NO. The third-order valence-corrected chi connectivity index (χ3v) is 2.15. The van der Waals surface area contributed by atoms with Crippen LogP contribution >= 0.6 is 0 Å². The molecule has 0 fully saturated rings. The van der Waals surface area contributed by atoms with Gasteiger partial charge in [-0.05, 0) is 25.5 Å². The Morgan fingerprint density at radius 1 is 1.47 bits per heavy atom. The van der Waals surface area contributed by atoms with E-state index in [1.807, 2.05) is 6.92 Å². The van der Waals surface area contributed by atoms with Crippen molar-refractivity contribution in [3.05, 3.63) is 23.7 Å². The van der Waals surface area contributed by atoms with Gasteiger partial charge in [0, 0.05) is 6.54 Å². The van der Waals surface area contributed by atoms with Gasteiger partial charge in [-0.25, -0.2) is 0 Å². The summed E-state index contributed by atoms with van der Waals surface area (Å²) in [7, 11) is 0. The number of hydrogen-bond donors (Lipinski definition) is 1. The van der Waals surface area contributed by atoms with Gasteiger partial charge in [0.15, 0.2) is 0 Å². The minimum absolute atomic E-state index is 0.0925. The maximum absolute atomic E-state index is 11.9. The van der Waals surface area contributed by atoms with E-state index >= 15 is 0 Å². The van der Waals surface area contributed by atoms with Gasteiger partial charge in [0.1, 0.15) is 5.76 Å². The highest BCUT2D eigenvalue weighted by molar-refractivity contribution is 5.17. The number of furan rings is 1. The van der Waals surface area contributed by atoms with E-state index in [4.69, 9.17) is 4.42 Å². The SMILES string of the molecule is Cc1ccoc1C(C)NCCC(F)(F)F. The van der Waals surface area contributed by atoms with Crippen molar-refractivity contribution in [2.45, 2.75) is 32.5 Å². The lowest BCUT2D eigenvalue weighted by Gasteiger charge is -2.13. The maximum atomic E-state index is 11.9. The standard InChI is InChI=1S/C10H14F3NO/c1-7-3-6-15-9(7)8(2)14-5-4-10(11,12)13/h3,6,8,14H,4-5H2,1-2H3. The van der Waals surface area contributed by atoms with Crippen LogP contribution in [-0.2, 0) is 0 Å². The molecule has 1 unspecified atom stereocenters. The molecule has 1 atom stereocenters. The number of hydrogen-bond acceptors (Lipinski definition) is 2. The van der Waals surface area contributed by atoms with Gasteiger partial charge >= 0.3 is 6.18 Å². The normalized spacial score (nSPS) is 14.2. The molecule has 0 spiro atoms. The highest BCUT2D eigenvalue weighted by atomic mass is 19.4. The third-order valence-electron chi connectivity index (χ3n) is 2.15. The molecule has 0 aliphatic heterocycles. The first-order chi connectivity index (χ1) is 6.90. The van der Waals surface area contributed by atoms with E-state index in [-0.39, 0.29) is 12.6 Å². The van der Waals surface area contributed by atoms with Gasteiger partial charge in [-0.2, -0.15) is 13.2 Å². The Morgan fingerprint density at radius 2 is 2.13 bits per heavy atom. The second-order valence-corrected chi connectivity index (χ2v) is 3.51. The summed E-state index contributed by atoms with van der Waals surface area (Å²) in [5.41, 5.74) is 0.946. The second-order valence-electron chi connectivity index (χ2n) is 3.51. The fourth-order valence-electron chi connectivity index (χ4n) is 1.35. The topological polar surface area (TPSA) is 25.2 Å². The predicted molar refractivity (Wildman–Crippen MR) is 50.5 cm³/mol. The van der Waals surface area contributed by atoms with Crippen LogP contribution in [0.2, 0.25) is 0 Å². The van der Waals surface area contributed by atoms with E-state index in [1.165, 1.54) is 6.26 Å². The fraction of sp³-hybridized carbons (Fsp3) is 0.600. The first kappa shape index (κ1) is 12.1. The summed E-state index contributed by atoms with van der Waals surface area (Å²) in [5, 5.41) is 2.77. The lowest BCUT2D eigenvalue weighted by molar-refractivity contribution is -0.133. The highest BCUT2D eigenvalue weighted by Gasteiger charge is 2.26. The van der Waals surface area contributed by atoms with E-state index in [0.717, 1.165) is 5.56 Å². The number of nitrogens with one attached hydrogen (secondary N) is 1. The van der Waals surface area contributed by atoms with Gasteiger partial charge < -0.3 is 9.73 Å². The first-order valence-electron chi connectivity index (χ1n) is 4.74. The lowest BCUT2D eigenvalue weighted by Crippen LogP contribution is -2.24. The van der Waals surface area contributed by atoms with Crippen LogP contribution in [0.1, 0.15) is 30.7 Å². The Balaban J connectivity index is 2.37. The van der Waals surface area contributed by atoms with Gasteiger partial charge in [-0.15, -0.1) is 0 Å². The molecule has 2 nitrogen and oxygen atoms in total. The summed E-state index contributed by atoms with van der Waals surface area (Å²) in [6.07, 6.45) is -3.39. The summed E-state index contributed by atoms with van der Waals surface area (Å²) < 4.78 is 40.8. The molecule has 0 saturated heterocycles. The van der Waals surface area contributed by atoms with Crippen LogP contribution < -0.4 is 5.32 Å². The Morgan fingerprint density at radius 3 is 2.60 bits per heavy atom. The van der Waals surface area contributed by atoms with E-state index in [0.29, 0.717) is 5.76 Å². The molecule has 0 radical (unpaired) electrons. The molecule has 0 aliphatic carbocycles. The molecular weight excluding hydrogens is 207 g/mol. The average Bonchev–Trinajstić information content (AvgIpc) is 2.48. The predicted octanol–water partition coefficient (Wildman–Crippen LogP) is 3.19. The van der Waals surface area contributed by atoms with Crippen molar-refractivity contribution in [3.63, 3.8) is 0 Å². The summed E-state index contributed by atoms with van der Waals surface area (Å²) in [4.78, 5) is 0. The van der Waals surface area contributed by atoms with Crippen LogP contribution in [0.4, 0.5) is 13.2 Å². The van der Waals surface area contributed by atoms with Gasteiger partial charge in [-0.3, -0.25) is 0 Å². The molecule has 0 bridgehead atoms. The van der Waals surface area contributed by atoms with Crippen LogP contribution in [0, 0.1) is 6.92 Å². The summed E-state index contributed by atoms with van der Waals surface area (Å²) in [5.74, 6) is 0.692. The van der Waals surface area contributed by atoms with Gasteiger partial charge in [0.25, 0.3) is 0 Å². The van der Waals surface area contributed by atoms with Crippen LogP contribution in [0.15, 0.2) is 16.7 Å². The number of aryl methyl sites for hydroxylation is 1. The molecule has 5 heteroatoms. The van der Waals surface area contributed by atoms with E-state index in [2.05, 4.69) is 5.32 Å². The Bertz CT molecular complexity index is 306. The molecule has 0 aliphatic rings. The summed E-state index contributed by atoms with van der Waals surface area (Å²) in [6.45, 7) is 3.55. The van der Waals surface area contributed by atoms with Crippen molar-refractivity contribution in [2.24, 2.45) is 0 Å². The van der Waals surface area contributed by atoms with Crippen LogP contribution in [0.3, 0.4) is 0 Å². The molecule has 0 amide bonds. The molecule has 0 aromatic carbocycles. The first-order valence-corrected chi connectivity index (χ1v) is 4.74. The number of halogens is 3. The maximum Gasteiger partial charge on any atom is 0.390 e. The van der Waals surface area contributed by atoms with Crippen molar-refractivity contribution < 1.29 is 17.6 Å². The Hall–Kier alpha value is -0.970. The molecule has 1 N–H and O–H groups in total. The van der Waals surface area contributed by atoms with Crippen LogP contribution in [0.5, 0.6) is 0 Å². The van der Waals surface area contributed by atoms with Gasteiger partial charge in [0.05, 0.1) is 18.7 Å². The smallest absolute Gasteiger partial charge is 0.390 e. The van der Waals surface area contributed by atoms with Gasteiger partial charge in [-0.1, -0.05) is 0 Å². The number of alkyl halides is 3. The van der Waals surface area contributed by atoms with Crippen LogP contribution in [-0.4, -0.2) is 12.7 Å². The van der Waals surface area contributed by atoms with E-state index < -0.39 is 12.6 Å². The minimum Gasteiger partial charge on any atom is -0.467 e. The molecule has 1 heterocycles. The Labute approximate surface area is 86.5 Å². The molecule has 86 valence electrons. The van der Waals surface area contributed by atoms with E-state index in [9.17, 15) is 13.2 Å². The van der Waals surface area contributed by atoms with E-state index in [1.54, 1.807) is 13.0 Å². The van der Waals surface area contributed by atoms with Crippen molar-refractivity contribution in [1.82, 2.24) is 5.32 Å². The largest absolute Gasteiger partial charge is 0.467 e. The molecule has 1 aromatic heterocycles. The van der Waals surface area contributed by atoms with Crippen LogP contribution in [0.25, 0.3) is 0 Å². The van der Waals surface area contributed by atoms with Crippen molar-refractivity contribution >= 4 is 0 Å². The zero-order valence-electron chi connectivity index (χ0n) is 8.69. The molecule has 1 aromatic rings. The van der Waals surface area contributed by atoms with Crippen molar-refractivity contribution in [2.75, 3.05) is 6.54 Å². The average molecular weight is 221 g/mol. The summed E-state index contributed by atoms with van der Waals surface area (Å²) >= 11 is 0.